The lowest BCUT2D eigenvalue weighted by atomic mass is 9.89. The lowest BCUT2D eigenvalue weighted by Gasteiger charge is -2.14. The summed E-state index contributed by atoms with van der Waals surface area (Å²) < 4.78 is 23.2. The third kappa shape index (κ3) is 7.28. The Morgan fingerprint density at radius 2 is 1.94 bits per heavy atom. The standard InChI is InChI=1S/C12H21NO4S/c1-10(11(14)15)8-18(16,17)7-5-4-6-12(2,3)9-13/h10H,4-8H2,1-3H3,(H,14,15). The van der Waals surface area contributed by atoms with Gasteiger partial charge in [-0.2, -0.15) is 5.26 Å². The maximum atomic E-state index is 11.6. The van der Waals surface area contributed by atoms with E-state index in [4.69, 9.17) is 10.4 Å². The minimum atomic E-state index is -3.31. The van der Waals surface area contributed by atoms with E-state index in [1.807, 2.05) is 13.8 Å². The van der Waals surface area contributed by atoms with Crippen LogP contribution in [0.25, 0.3) is 0 Å². The van der Waals surface area contributed by atoms with Gasteiger partial charge in [0.25, 0.3) is 0 Å². The molecule has 0 aliphatic heterocycles. The van der Waals surface area contributed by atoms with E-state index in [2.05, 4.69) is 6.07 Å². The molecule has 0 saturated heterocycles. The highest BCUT2D eigenvalue weighted by molar-refractivity contribution is 7.91. The number of rotatable bonds is 8. The normalized spacial score (nSPS) is 13.9. The van der Waals surface area contributed by atoms with Crippen LogP contribution in [0.2, 0.25) is 0 Å². The van der Waals surface area contributed by atoms with Gasteiger partial charge in [-0.25, -0.2) is 8.42 Å². The van der Waals surface area contributed by atoms with Crippen LogP contribution in [0, 0.1) is 22.7 Å². The molecular formula is C12H21NO4S. The Balaban J connectivity index is 4.07. The maximum Gasteiger partial charge on any atom is 0.307 e. The quantitative estimate of drug-likeness (QED) is 0.682. The molecule has 0 amide bonds. The number of hydrogen-bond donors (Lipinski definition) is 1. The summed E-state index contributed by atoms with van der Waals surface area (Å²) in [5.41, 5.74) is -0.432. The van der Waals surface area contributed by atoms with E-state index >= 15 is 0 Å². The van der Waals surface area contributed by atoms with Gasteiger partial charge < -0.3 is 5.11 Å². The van der Waals surface area contributed by atoms with Gasteiger partial charge in [0, 0.05) is 0 Å². The predicted octanol–water partition coefficient (Wildman–Crippen LogP) is 1.84. The Kier molecular flexibility index (Phi) is 6.33. The van der Waals surface area contributed by atoms with E-state index in [9.17, 15) is 13.2 Å². The van der Waals surface area contributed by atoms with Gasteiger partial charge in [0.1, 0.15) is 0 Å². The summed E-state index contributed by atoms with van der Waals surface area (Å²) in [6.45, 7) is 5.01. The summed E-state index contributed by atoms with van der Waals surface area (Å²) in [6.07, 6.45) is 1.77. The van der Waals surface area contributed by atoms with Crippen LogP contribution >= 0.6 is 0 Å². The van der Waals surface area contributed by atoms with Crippen LogP contribution in [-0.2, 0) is 14.6 Å². The van der Waals surface area contributed by atoms with Gasteiger partial charge in [-0.1, -0.05) is 13.3 Å². The largest absolute Gasteiger partial charge is 0.481 e. The van der Waals surface area contributed by atoms with E-state index < -0.39 is 27.1 Å². The van der Waals surface area contributed by atoms with Crippen molar-refractivity contribution in [1.29, 1.82) is 5.26 Å². The van der Waals surface area contributed by atoms with Crippen molar-refractivity contribution < 1.29 is 18.3 Å². The number of carboxylic acids is 1. The van der Waals surface area contributed by atoms with Crippen LogP contribution < -0.4 is 0 Å². The first kappa shape index (κ1) is 16.9. The number of carboxylic acid groups (broad SMARTS) is 1. The average molecular weight is 275 g/mol. The van der Waals surface area contributed by atoms with Gasteiger partial charge >= 0.3 is 5.97 Å². The fourth-order valence-corrected chi connectivity index (χ4v) is 3.20. The van der Waals surface area contributed by atoms with Gasteiger partial charge in [0.2, 0.25) is 0 Å². The highest BCUT2D eigenvalue weighted by Gasteiger charge is 2.21. The zero-order valence-electron chi connectivity index (χ0n) is 11.1. The average Bonchev–Trinajstić information content (AvgIpc) is 2.24. The monoisotopic (exact) mass is 275 g/mol. The number of sulfone groups is 1. The van der Waals surface area contributed by atoms with E-state index in [0.29, 0.717) is 19.3 Å². The number of carbonyl (C=O) groups is 1. The van der Waals surface area contributed by atoms with Gasteiger partial charge in [0.15, 0.2) is 9.84 Å². The zero-order chi connectivity index (χ0) is 14.4. The minimum Gasteiger partial charge on any atom is -0.481 e. The van der Waals surface area contributed by atoms with Gasteiger partial charge in [-0.3, -0.25) is 4.79 Å². The van der Waals surface area contributed by atoms with Crippen molar-refractivity contribution in [2.45, 2.75) is 40.0 Å². The Morgan fingerprint density at radius 1 is 1.39 bits per heavy atom. The van der Waals surface area contributed by atoms with Crippen LogP contribution in [-0.4, -0.2) is 31.0 Å². The molecule has 1 unspecified atom stereocenters. The Labute approximate surface area is 109 Å². The van der Waals surface area contributed by atoms with Crippen molar-refractivity contribution in [1.82, 2.24) is 0 Å². The number of hydrogen-bond acceptors (Lipinski definition) is 4. The minimum absolute atomic E-state index is 0.00781. The molecule has 0 aromatic heterocycles. The van der Waals surface area contributed by atoms with Crippen LogP contribution in [0.5, 0.6) is 0 Å². The number of aliphatic carboxylic acids is 1. The molecule has 0 aromatic rings. The van der Waals surface area contributed by atoms with Crippen molar-refractivity contribution in [3.05, 3.63) is 0 Å². The molecule has 0 rings (SSSR count). The second-order valence-electron chi connectivity index (χ2n) is 5.31. The topological polar surface area (TPSA) is 95.2 Å². The molecular weight excluding hydrogens is 254 g/mol. The van der Waals surface area contributed by atoms with E-state index in [0.717, 1.165) is 0 Å². The molecule has 5 nitrogen and oxygen atoms in total. The summed E-state index contributed by atoms with van der Waals surface area (Å²) in [6, 6.07) is 2.16. The van der Waals surface area contributed by atoms with Crippen LogP contribution in [0.3, 0.4) is 0 Å². The van der Waals surface area contributed by atoms with Gasteiger partial charge in [-0.15, -0.1) is 0 Å². The molecule has 0 saturated carbocycles. The number of nitriles is 1. The molecule has 0 radical (unpaired) electrons. The summed E-state index contributed by atoms with van der Waals surface area (Å²) in [4.78, 5) is 10.6. The van der Waals surface area contributed by atoms with Crippen molar-refractivity contribution in [2.24, 2.45) is 11.3 Å². The molecule has 1 N–H and O–H groups in total. The number of nitrogens with zero attached hydrogens (tertiary/aromatic N) is 1. The fraction of sp³-hybridized carbons (Fsp3) is 0.833. The first-order valence-electron chi connectivity index (χ1n) is 5.94. The third-order valence-electron chi connectivity index (χ3n) is 2.74. The molecule has 6 heteroatoms. The van der Waals surface area contributed by atoms with Gasteiger partial charge in [0.05, 0.1) is 28.9 Å². The highest BCUT2D eigenvalue weighted by Crippen LogP contribution is 2.21. The summed E-state index contributed by atoms with van der Waals surface area (Å²) >= 11 is 0. The summed E-state index contributed by atoms with van der Waals surface area (Å²) in [5, 5.41) is 17.5. The van der Waals surface area contributed by atoms with E-state index in [1.54, 1.807) is 0 Å². The lowest BCUT2D eigenvalue weighted by molar-refractivity contribution is -0.140. The SMILES string of the molecule is CC(CS(=O)(=O)CCCCC(C)(C)C#N)C(=O)O. The molecule has 0 spiro atoms. The molecule has 18 heavy (non-hydrogen) atoms. The first-order valence-corrected chi connectivity index (χ1v) is 7.76. The zero-order valence-corrected chi connectivity index (χ0v) is 12.0. The Bertz CT molecular complexity index is 420. The maximum absolute atomic E-state index is 11.6. The first-order chi connectivity index (χ1) is 8.09. The van der Waals surface area contributed by atoms with Crippen molar-refractivity contribution >= 4 is 15.8 Å². The predicted molar refractivity (Wildman–Crippen MR) is 68.7 cm³/mol. The molecule has 0 heterocycles. The molecule has 0 fully saturated rings. The molecule has 0 aliphatic rings. The fourth-order valence-electron chi connectivity index (χ4n) is 1.48. The Hall–Kier alpha value is -1.09. The molecule has 0 bridgehead atoms. The van der Waals surface area contributed by atoms with Crippen molar-refractivity contribution in [3.63, 3.8) is 0 Å². The second kappa shape index (κ2) is 6.74. The van der Waals surface area contributed by atoms with Crippen molar-refractivity contribution in [2.75, 3.05) is 11.5 Å². The van der Waals surface area contributed by atoms with E-state index in [-0.39, 0.29) is 11.5 Å². The highest BCUT2D eigenvalue weighted by atomic mass is 32.2. The number of unbranched alkanes of at least 4 members (excludes halogenated alkanes) is 1. The lowest BCUT2D eigenvalue weighted by Crippen LogP contribution is -2.23. The summed E-state index contributed by atoms with van der Waals surface area (Å²) in [5.74, 6) is -2.29. The second-order valence-corrected chi connectivity index (χ2v) is 7.54. The smallest absolute Gasteiger partial charge is 0.307 e. The molecule has 104 valence electrons. The molecule has 0 aromatic carbocycles. The van der Waals surface area contributed by atoms with E-state index in [1.165, 1.54) is 6.92 Å². The Morgan fingerprint density at radius 3 is 2.39 bits per heavy atom. The molecule has 1 atom stereocenters. The van der Waals surface area contributed by atoms with Gasteiger partial charge in [-0.05, 0) is 26.7 Å². The third-order valence-corrected chi connectivity index (χ3v) is 4.65. The summed E-state index contributed by atoms with van der Waals surface area (Å²) in [7, 11) is -3.31. The van der Waals surface area contributed by atoms with Crippen LogP contribution in [0.4, 0.5) is 0 Å². The molecule has 0 aliphatic carbocycles. The van der Waals surface area contributed by atoms with Crippen LogP contribution in [0.15, 0.2) is 0 Å². The van der Waals surface area contributed by atoms with Crippen molar-refractivity contribution in [3.8, 4) is 6.07 Å². The van der Waals surface area contributed by atoms with Crippen LogP contribution in [0.1, 0.15) is 40.0 Å².